The number of carbonyl (C=O) groups is 2. The van der Waals surface area contributed by atoms with Gasteiger partial charge in [0.05, 0.1) is 0 Å². The van der Waals surface area contributed by atoms with Gasteiger partial charge in [0.15, 0.2) is 0 Å². The van der Waals surface area contributed by atoms with E-state index in [0.29, 0.717) is 18.7 Å². The molecule has 0 bridgehead atoms. The van der Waals surface area contributed by atoms with E-state index >= 15 is 0 Å². The molecule has 0 N–H and O–H groups in total. The first-order valence-corrected chi connectivity index (χ1v) is 10.7. The van der Waals surface area contributed by atoms with E-state index in [4.69, 9.17) is 0 Å². The summed E-state index contributed by atoms with van der Waals surface area (Å²) >= 11 is 0. The molecule has 1 aliphatic heterocycles. The molecule has 156 valence electrons. The van der Waals surface area contributed by atoms with Crippen molar-refractivity contribution in [2.45, 2.75) is 18.9 Å². The van der Waals surface area contributed by atoms with Crippen LogP contribution < -0.4 is 4.90 Å². The Morgan fingerprint density at radius 2 is 1.32 bits per heavy atom. The third-order valence-electron chi connectivity index (χ3n) is 5.63. The predicted octanol–water partition coefficient (Wildman–Crippen LogP) is 5.04. The Bertz CT molecular complexity index is 1020. The van der Waals surface area contributed by atoms with Crippen LogP contribution in [0.2, 0.25) is 0 Å². The van der Waals surface area contributed by atoms with E-state index < -0.39 is 0 Å². The fraction of sp³-hybridized carbons (Fsp3) is 0.185. The van der Waals surface area contributed by atoms with Gasteiger partial charge in [-0.3, -0.25) is 9.59 Å². The van der Waals surface area contributed by atoms with Crippen molar-refractivity contribution < 1.29 is 9.59 Å². The number of anilines is 1. The third-order valence-corrected chi connectivity index (χ3v) is 5.63. The number of piperidine rings is 1. The van der Waals surface area contributed by atoms with E-state index in [9.17, 15) is 9.59 Å². The molecule has 4 rings (SSSR count). The van der Waals surface area contributed by atoms with Crippen molar-refractivity contribution in [2.75, 3.05) is 18.0 Å². The first-order valence-electron chi connectivity index (χ1n) is 10.7. The summed E-state index contributed by atoms with van der Waals surface area (Å²) in [5.41, 5.74) is 2.59. The van der Waals surface area contributed by atoms with Crippen molar-refractivity contribution in [3.63, 3.8) is 0 Å². The Labute approximate surface area is 183 Å². The molecule has 0 aromatic heterocycles. The highest BCUT2D eigenvalue weighted by Gasteiger charge is 2.30. The maximum absolute atomic E-state index is 13.2. The minimum Gasteiger partial charge on any atom is -0.338 e. The molecule has 1 fully saturated rings. The van der Waals surface area contributed by atoms with Crippen LogP contribution in [0.15, 0.2) is 97.1 Å². The van der Waals surface area contributed by atoms with Crippen LogP contribution in [0.25, 0.3) is 6.08 Å². The lowest BCUT2D eigenvalue weighted by atomic mass is 10.0. The molecule has 0 atom stereocenters. The van der Waals surface area contributed by atoms with E-state index in [-0.39, 0.29) is 17.9 Å². The van der Waals surface area contributed by atoms with E-state index in [1.807, 2.05) is 107 Å². The molecule has 4 heteroatoms. The van der Waals surface area contributed by atoms with Gasteiger partial charge in [-0.1, -0.05) is 66.7 Å². The Balaban J connectivity index is 1.49. The zero-order valence-corrected chi connectivity index (χ0v) is 17.4. The van der Waals surface area contributed by atoms with Crippen molar-refractivity contribution in [3.8, 4) is 0 Å². The SMILES string of the molecule is O=C(c1ccccc1)N1CCC(N(C(=O)C=Cc2ccccc2)c2ccccc2)CC1. The Morgan fingerprint density at radius 1 is 0.774 bits per heavy atom. The maximum Gasteiger partial charge on any atom is 0.253 e. The molecule has 3 aromatic carbocycles. The van der Waals surface area contributed by atoms with Gasteiger partial charge in [0.1, 0.15) is 0 Å². The van der Waals surface area contributed by atoms with Crippen LogP contribution in [0.3, 0.4) is 0 Å². The molecule has 0 aliphatic carbocycles. The molecule has 1 aliphatic rings. The largest absolute Gasteiger partial charge is 0.338 e. The van der Waals surface area contributed by atoms with Crippen LogP contribution in [0, 0.1) is 0 Å². The molecule has 3 aromatic rings. The van der Waals surface area contributed by atoms with Crippen LogP contribution in [0.4, 0.5) is 5.69 Å². The van der Waals surface area contributed by atoms with Crippen molar-refractivity contribution in [2.24, 2.45) is 0 Å². The summed E-state index contributed by atoms with van der Waals surface area (Å²) in [4.78, 5) is 29.8. The van der Waals surface area contributed by atoms with Crippen molar-refractivity contribution >= 4 is 23.6 Å². The second-order valence-electron chi connectivity index (χ2n) is 7.68. The molecule has 1 saturated heterocycles. The average molecular weight is 411 g/mol. The smallest absolute Gasteiger partial charge is 0.253 e. The number of rotatable bonds is 5. The number of likely N-dealkylation sites (tertiary alicyclic amines) is 1. The molecule has 1 heterocycles. The fourth-order valence-electron chi connectivity index (χ4n) is 4.01. The number of para-hydroxylation sites is 1. The van der Waals surface area contributed by atoms with Gasteiger partial charge in [-0.2, -0.15) is 0 Å². The number of benzene rings is 3. The molecule has 4 nitrogen and oxygen atoms in total. The van der Waals surface area contributed by atoms with Gasteiger partial charge >= 0.3 is 0 Å². The van der Waals surface area contributed by atoms with Crippen LogP contribution in [0.5, 0.6) is 0 Å². The normalized spacial score (nSPS) is 14.5. The first-order chi connectivity index (χ1) is 15.2. The Hall–Kier alpha value is -3.66. The minimum atomic E-state index is -0.0390. The van der Waals surface area contributed by atoms with Crippen molar-refractivity contribution in [1.29, 1.82) is 0 Å². The van der Waals surface area contributed by atoms with E-state index in [1.165, 1.54) is 0 Å². The van der Waals surface area contributed by atoms with Crippen LogP contribution in [-0.2, 0) is 4.79 Å². The summed E-state index contributed by atoms with van der Waals surface area (Å²) in [5.74, 6) is 0.0171. The number of hydrogen-bond acceptors (Lipinski definition) is 2. The van der Waals surface area contributed by atoms with Crippen LogP contribution >= 0.6 is 0 Å². The molecule has 0 saturated carbocycles. The second kappa shape index (κ2) is 9.90. The second-order valence-corrected chi connectivity index (χ2v) is 7.68. The molecule has 31 heavy (non-hydrogen) atoms. The lowest BCUT2D eigenvalue weighted by Gasteiger charge is -2.38. The lowest BCUT2D eigenvalue weighted by Crippen LogP contribution is -2.48. The molecule has 0 radical (unpaired) electrons. The van der Waals surface area contributed by atoms with Gasteiger partial charge in [-0.25, -0.2) is 0 Å². The molecular formula is C27H26N2O2. The van der Waals surface area contributed by atoms with Gasteiger partial charge in [-0.05, 0) is 48.7 Å². The summed E-state index contributed by atoms with van der Waals surface area (Å²) in [5, 5.41) is 0. The number of nitrogens with zero attached hydrogens (tertiary/aromatic N) is 2. The fourth-order valence-corrected chi connectivity index (χ4v) is 4.01. The number of carbonyl (C=O) groups excluding carboxylic acids is 2. The highest BCUT2D eigenvalue weighted by molar-refractivity contribution is 6.04. The van der Waals surface area contributed by atoms with Gasteiger partial charge in [-0.15, -0.1) is 0 Å². The average Bonchev–Trinajstić information content (AvgIpc) is 2.85. The summed E-state index contributed by atoms with van der Waals surface area (Å²) < 4.78 is 0. The molecule has 0 spiro atoms. The maximum atomic E-state index is 13.2. The predicted molar refractivity (Wildman–Crippen MR) is 125 cm³/mol. The highest BCUT2D eigenvalue weighted by atomic mass is 16.2. The third kappa shape index (κ3) is 5.10. The van der Waals surface area contributed by atoms with Gasteiger partial charge in [0, 0.05) is 36.5 Å². The lowest BCUT2D eigenvalue weighted by molar-refractivity contribution is -0.114. The topological polar surface area (TPSA) is 40.6 Å². The molecule has 2 amide bonds. The zero-order chi connectivity index (χ0) is 21.5. The Morgan fingerprint density at radius 3 is 1.94 bits per heavy atom. The quantitative estimate of drug-likeness (QED) is 0.553. The number of hydrogen-bond donors (Lipinski definition) is 0. The summed E-state index contributed by atoms with van der Waals surface area (Å²) in [7, 11) is 0. The van der Waals surface area contributed by atoms with Crippen LogP contribution in [-0.4, -0.2) is 35.8 Å². The van der Waals surface area contributed by atoms with E-state index in [1.54, 1.807) is 6.08 Å². The summed E-state index contributed by atoms with van der Waals surface area (Å²) in [6, 6.07) is 29.0. The summed E-state index contributed by atoms with van der Waals surface area (Å²) in [6.45, 7) is 1.27. The zero-order valence-electron chi connectivity index (χ0n) is 17.4. The molecular weight excluding hydrogens is 384 g/mol. The standard InChI is InChI=1S/C27H26N2O2/c30-26(17-16-22-10-4-1-5-11-22)29(24-14-8-3-9-15-24)25-18-20-28(21-19-25)27(31)23-12-6-2-7-13-23/h1-17,25H,18-21H2. The number of amides is 2. The van der Waals surface area contributed by atoms with Gasteiger partial charge in [0.25, 0.3) is 11.8 Å². The Kier molecular flexibility index (Phi) is 6.58. The first kappa shape index (κ1) is 20.6. The van der Waals surface area contributed by atoms with Crippen LogP contribution in [0.1, 0.15) is 28.8 Å². The highest BCUT2D eigenvalue weighted by Crippen LogP contribution is 2.25. The van der Waals surface area contributed by atoms with E-state index in [2.05, 4.69) is 0 Å². The summed E-state index contributed by atoms with van der Waals surface area (Å²) in [6.07, 6.45) is 4.99. The molecule has 0 unspecified atom stereocenters. The van der Waals surface area contributed by atoms with Crippen molar-refractivity contribution in [1.82, 2.24) is 4.90 Å². The monoisotopic (exact) mass is 410 g/mol. The minimum absolute atomic E-state index is 0.0390. The van der Waals surface area contributed by atoms with Gasteiger partial charge in [0.2, 0.25) is 0 Å². The van der Waals surface area contributed by atoms with E-state index in [0.717, 1.165) is 24.1 Å². The van der Waals surface area contributed by atoms with Crippen molar-refractivity contribution in [3.05, 3.63) is 108 Å². The van der Waals surface area contributed by atoms with Gasteiger partial charge < -0.3 is 9.80 Å².